The maximum atomic E-state index is 13.0. The third-order valence-corrected chi connectivity index (χ3v) is 16.5. The molecule has 0 aliphatic carbocycles. The van der Waals surface area contributed by atoms with Crippen LogP contribution in [0.4, 0.5) is 68.2 Å². The second-order valence-corrected chi connectivity index (χ2v) is 25.3. The van der Waals surface area contributed by atoms with Gasteiger partial charge in [-0.3, -0.25) is 25.0 Å². The zero-order chi connectivity index (χ0) is 73.3. The lowest BCUT2D eigenvalue weighted by molar-refractivity contribution is -0.385. The van der Waals surface area contributed by atoms with Crippen LogP contribution in [0.25, 0.3) is 0 Å². The number of methoxy groups -OCH3 is 4. The summed E-state index contributed by atoms with van der Waals surface area (Å²) in [6.45, 7) is 21.7. The lowest BCUT2D eigenvalue weighted by atomic mass is 9.88. The van der Waals surface area contributed by atoms with Crippen molar-refractivity contribution in [3.8, 4) is 23.0 Å². The summed E-state index contributed by atoms with van der Waals surface area (Å²) in [5.74, 6) is 1.71. The van der Waals surface area contributed by atoms with Crippen LogP contribution in [0, 0.1) is 38.0 Å². The van der Waals surface area contributed by atoms with Gasteiger partial charge in [-0.25, -0.2) is 4.79 Å². The number of carbonyl (C=O) groups is 2. The van der Waals surface area contributed by atoms with Crippen LogP contribution in [-0.4, -0.2) is 89.6 Å². The Morgan fingerprint density at radius 2 is 0.733 bits per heavy atom. The molecule has 24 nitrogen and oxygen atoms in total. The van der Waals surface area contributed by atoms with Gasteiger partial charge in [0.1, 0.15) is 59.0 Å². The minimum absolute atomic E-state index is 0.0290. The molecule has 1 unspecified atom stereocenters. The van der Waals surface area contributed by atoms with E-state index < -0.39 is 9.85 Å². The van der Waals surface area contributed by atoms with Crippen molar-refractivity contribution in [2.24, 2.45) is 58.7 Å². The number of unbranched alkanes of at least 4 members (excludes halogenated alkanes) is 14. The Labute approximate surface area is 596 Å². The smallest absolute Gasteiger partial charge is 0.333 e. The van der Waals surface area contributed by atoms with Crippen molar-refractivity contribution in [1.29, 1.82) is 0 Å². The fourth-order valence-electron chi connectivity index (χ4n) is 10.7. The van der Waals surface area contributed by atoms with E-state index in [1.54, 1.807) is 31.2 Å². The number of anilines is 2. The maximum Gasteiger partial charge on any atom is 0.333 e. The van der Waals surface area contributed by atoms with Crippen molar-refractivity contribution in [2.45, 2.75) is 158 Å². The van der Waals surface area contributed by atoms with Crippen LogP contribution in [0.2, 0.25) is 0 Å². The van der Waals surface area contributed by atoms with Crippen LogP contribution in [0.15, 0.2) is 174 Å². The third-order valence-electron chi connectivity index (χ3n) is 16.5. The summed E-state index contributed by atoms with van der Waals surface area (Å²) in [7, 11) is 6.06. The van der Waals surface area contributed by atoms with Gasteiger partial charge in [0, 0.05) is 78.6 Å². The molecule has 6 aromatic carbocycles. The number of nitro benzene ring substituents is 2. The molecular formula is C77H104N12O12. The number of rotatable bonds is 45. The number of azo groups is 4. The summed E-state index contributed by atoms with van der Waals surface area (Å²) in [4.78, 5) is 50.3. The van der Waals surface area contributed by atoms with Gasteiger partial charge < -0.3 is 38.2 Å². The van der Waals surface area contributed by atoms with Crippen LogP contribution in [0.1, 0.15) is 158 Å². The van der Waals surface area contributed by atoms with Crippen molar-refractivity contribution in [3.05, 3.63) is 154 Å². The molecule has 101 heavy (non-hydrogen) atoms. The van der Waals surface area contributed by atoms with E-state index >= 15 is 0 Å². The maximum absolute atomic E-state index is 13.0. The lowest BCUT2D eigenvalue weighted by Gasteiger charge is -2.26. The molecule has 24 heteroatoms. The summed E-state index contributed by atoms with van der Waals surface area (Å²) in [6, 6.07) is 33.7. The van der Waals surface area contributed by atoms with Crippen molar-refractivity contribution >= 4 is 80.2 Å². The molecule has 0 N–H and O–H groups in total. The monoisotopic (exact) mass is 1390 g/mol. The second-order valence-electron chi connectivity index (χ2n) is 25.3. The molecule has 0 saturated heterocycles. The average Bonchev–Trinajstić information content (AvgIpc) is 0.844. The van der Waals surface area contributed by atoms with E-state index in [1.165, 1.54) is 160 Å². The predicted octanol–water partition coefficient (Wildman–Crippen LogP) is 22.8. The van der Waals surface area contributed by atoms with Crippen LogP contribution in [0.5, 0.6) is 23.0 Å². The van der Waals surface area contributed by atoms with E-state index in [2.05, 4.69) is 98.8 Å². The quantitative estimate of drug-likeness (QED) is 0.00858. The van der Waals surface area contributed by atoms with Crippen LogP contribution in [0.3, 0.4) is 0 Å². The molecule has 0 radical (unpaired) electrons. The van der Waals surface area contributed by atoms with Crippen LogP contribution < -0.4 is 28.7 Å². The Morgan fingerprint density at radius 1 is 0.436 bits per heavy atom. The van der Waals surface area contributed by atoms with Crippen molar-refractivity contribution in [3.63, 3.8) is 0 Å². The SMILES string of the molecule is C=C(C)C(=O)OCCN(CCCCCCCCCC)c1ccc(N=Nc2cc(OC)c(N=Nc3ccc([N+](=O)[O-])cc3)cc2OC)cc1.CCCCCCCCCCN(CCOC(=O)C(CC(C)C)C(C)C)c1ccc(N=Nc2cc(OC)c(N=Nc3ccc([N+](=O)[O-])cc3)cc2OC)cc1. The lowest BCUT2D eigenvalue weighted by Crippen LogP contribution is -2.31. The van der Waals surface area contributed by atoms with Crippen LogP contribution in [-0.2, 0) is 19.1 Å². The standard InChI is InChI=1S/C41H58N6O6.C36H46N6O6/c1-8-9-10-11-12-13-14-15-24-46(25-26-53-41(48)36(31(4)5)27-30(2)3)34-20-16-32(17-21-34)42-44-37-28-40(52-7)38(29-39(37)51-6)45-43-33-18-22-35(23-19-33)47(49)50;1-6-7-8-9-10-11-12-13-22-41(23-24-48-36(43)27(2)3)30-18-14-28(15-19-30)37-39-32-25-35(47-5)33(26-34(32)46-4)40-38-29-16-20-31(21-17-29)42(44)45/h16-23,28-31,36H,8-15,24-27H2,1-7H3;14-21,25-26H,2,6-13,22-24H2,1,3-5H3. The molecule has 0 aliphatic rings. The highest BCUT2D eigenvalue weighted by Gasteiger charge is 2.25. The number of nitrogens with zero attached hydrogens (tertiary/aromatic N) is 12. The predicted molar refractivity (Wildman–Crippen MR) is 399 cm³/mol. The first-order valence-electron chi connectivity index (χ1n) is 35.2. The van der Waals surface area contributed by atoms with Gasteiger partial charge in [0.25, 0.3) is 11.4 Å². The Kier molecular flexibility index (Phi) is 36.9. The number of non-ortho nitro benzene ring substituents is 2. The fraction of sp³-hybridized carbons (Fsp3) is 0.481. The number of hydrogen-bond donors (Lipinski definition) is 0. The summed E-state index contributed by atoms with van der Waals surface area (Å²) in [6.07, 6.45) is 20.6. The van der Waals surface area contributed by atoms with E-state index in [1.807, 2.05) is 48.5 Å². The number of ether oxygens (including phenoxy) is 6. The summed E-state index contributed by atoms with van der Waals surface area (Å²) < 4.78 is 33.4. The summed E-state index contributed by atoms with van der Waals surface area (Å²) in [5.41, 5.74) is 6.21. The normalized spacial score (nSPS) is 11.7. The second kappa shape index (κ2) is 45.6. The number of esters is 2. The van der Waals surface area contributed by atoms with E-state index in [0.717, 1.165) is 50.1 Å². The topological polar surface area (TPSA) is 281 Å². The summed E-state index contributed by atoms with van der Waals surface area (Å²) in [5, 5.41) is 56.4. The van der Waals surface area contributed by atoms with Gasteiger partial charge in [0.2, 0.25) is 0 Å². The molecule has 0 aliphatic heterocycles. The van der Waals surface area contributed by atoms with Gasteiger partial charge >= 0.3 is 11.9 Å². The number of nitro groups is 2. The summed E-state index contributed by atoms with van der Waals surface area (Å²) >= 11 is 0. The van der Waals surface area contributed by atoms with E-state index in [0.29, 0.717) is 99.7 Å². The minimum atomic E-state index is -0.475. The van der Waals surface area contributed by atoms with Gasteiger partial charge in [-0.05, 0) is 111 Å². The molecular weight excluding hydrogens is 1280 g/mol. The van der Waals surface area contributed by atoms with Crippen LogP contribution >= 0.6 is 0 Å². The van der Waals surface area contributed by atoms with E-state index in [4.69, 9.17) is 28.4 Å². The number of carbonyl (C=O) groups excluding carboxylic acids is 2. The minimum Gasteiger partial charge on any atom is -0.494 e. The first-order chi connectivity index (χ1) is 48.8. The van der Waals surface area contributed by atoms with E-state index in [-0.39, 0.29) is 41.8 Å². The molecule has 6 aromatic rings. The van der Waals surface area contributed by atoms with Crippen molar-refractivity contribution in [2.75, 3.05) is 77.6 Å². The Bertz CT molecular complexity index is 3620. The van der Waals surface area contributed by atoms with E-state index in [9.17, 15) is 29.8 Å². The van der Waals surface area contributed by atoms with Gasteiger partial charge in [-0.2, -0.15) is 20.5 Å². The molecule has 0 spiro atoms. The average molecular weight is 1390 g/mol. The molecule has 0 heterocycles. The Morgan fingerprint density at radius 3 is 1.01 bits per heavy atom. The highest BCUT2D eigenvalue weighted by molar-refractivity contribution is 5.87. The molecule has 0 saturated carbocycles. The molecule has 544 valence electrons. The first-order valence-corrected chi connectivity index (χ1v) is 35.2. The van der Waals surface area contributed by atoms with Crippen molar-refractivity contribution < 1.29 is 47.9 Å². The zero-order valence-electron chi connectivity index (χ0n) is 61.0. The van der Waals surface area contributed by atoms with Gasteiger partial charge in [0.05, 0.1) is 80.0 Å². The van der Waals surface area contributed by atoms with Crippen molar-refractivity contribution in [1.82, 2.24) is 0 Å². The third kappa shape index (κ3) is 29.4. The Balaban J connectivity index is 0.000000366. The first kappa shape index (κ1) is 81.7. The largest absolute Gasteiger partial charge is 0.494 e. The van der Waals surface area contributed by atoms with Gasteiger partial charge in [-0.1, -0.05) is 138 Å². The number of hydrogen-bond acceptors (Lipinski definition) is 22. The Hall–Kier alpha value is -10.0. The number of benzene rings is 6. The highest BCUT2D eigenvalue weighted by atomic mass is 16.6. The molecule has 0 fully saturated rings. The molecule has 0 amide bonds. The molecule has 0 bridgehead atoms. The highest BCUT2D eigenvalue weighted by Crippen LogP contribution is 2.43. The molecule has 1 atom stereocenters. The molecule has 0 aromatic heterocycles. The van der Waals surface area contributed by atoms with Gasteiger partial charge in [-0.15, -0.1) is 20.5 Å². The molecule has 6 rings (SSSR count). The fourth-order valence-corrected chi connectivity index (χ4v) is 10.7. The van der Waals surface area contributed by atoms with Gasteiger partial charge in [0.15, 0.2) is 0 Å². The zero-order valence-corrected chi connectivity index (χ0v) is 61.0.